The maximum Gasteiger partial charge on any atom is 0.273 e. The van der Waals surface area contributed by atoms with Crippen LogP contribution in [0.4, 0.5) is 14.5 Å². The predicted octanol–water partition coefficient (Wildman–Crippen LogP) is 4.37. The number of hydrogen-bond donors (Lipinski definition) is 2. The Morgan fingerprint density at radius 1 is 1.04 bits per heavy atom. The zero-order valence-corrected chi connectivity index (χ0v) is 13.2. The van der Waals surface area contributed by atoms with Gasteiger partial charge < -0.3 is 5.32 Å². The SMILES string of the molecule is O=C(Nc1ccc(F)c(F)c1)c1cc(-c2ccc(Br)cc2)n[nH]1. The molecule has 0 aliphatic heterocycles. The highest BCUT2D eigenvalue weighted by Gasteiger charge is 2.12. The monoisotopic (exact) mass is 377 g/mol. The van der Waals surface area contributed by atoms with Crippen LogP contribution in [0.3, 0.4) is 0 Å². The standard InChI is InChI=1S/C16H10BrF2N3O/c17-10-3-1-9(2-4-10)14-8-15(22-21-14)16(23)20-11-5-6-12(18)13(19)7-11/h1-8H,(H,20,23)(H,21,22). The molecule has 0 atom stereocenters. The lowest BCUT2D eigenvalue weighted by atomic mass is 10.1. The Kier molecular flexibility index (Phi) is 4.20. The largest absolute Gasteiger partial charge is 0.321 e. The number of benzene rings is 2. The van der Waals surface area contributed by atoms with E-state index in [1.807, 2.05) is 24.3 Å². The first kappa shape index (κ1) is 15.4. The summed E-state index contributed by atoms with van der Waals surface area (Å²) in [7, 11) is 0. The van der Waals surface area contributed by atoms with E-state index in [-0.39, 0.29) is 11.4 Å². The molecule has 0 fully saturated rings. The van der Waals surface area contributed by atoms with E-state index in [0.717, 1.165) is 22.2 Å². The minimum atomic E-state index is -1.03. The summed E-state index contributed by atoms with van der Waals surface area (Å²) < 4.78 is 26.9. The van der Waals surface area contributed by atoms with Crippen LogP contribution in [-0.2, 0) is 0 Å². The van der Waals surface area contributed by atoms with E-state index in [0.29, 0.717) is 5.69 Å². The van der Waals surface area contributed by atoms with Crippen LogP contribution >= 0.6 is 15.9 Å². The fraction of sp³-hybridized carbons (Fsp3) is 0. The van der Waals surface area contributed by atoms with E-state index in [2.05, 4.69) is 31.4 Å². The first-order chi connectivity index (χ1) is 11.0. The summed E-state index contributed by atoms with van der Waals surface area (Å²) >= 11 is 3.34. The zero-order chi connectivity index (χ0) is 16.4. The number of H-pyrrole nitrogens is 1. The number of aromatic amines is 1. The van der Waals surface area contributed by atoms with Gasteiger partial charge in [0, 0.05) is 21.8 Å². The number of carbonyl (C=O) groups excluding carboxylic acids is 1. The van der Waals surface area contributed by atoms with Gasteiger partial charge in [0.2, 0.25) is 0 Å². The first-order valence-corrected chi connectivity index (χ1v) is 7.40. The van der Waals surface area contributed by atoms with E-state index in [1.165, 1.54) is 6.07 Å². The first-order valence-electron chi connectivity index (χ1n) is 6.61. The highest BCUT2D eigenvalue weighted by atomic mass is 79.9. The third-order valence-electron chi connectivity index (χ3n) is 3.14. The Morgan fingerprint density at radius 2 is 1.78 bits per heavy atom. The van der Waals surface area contributed by atoms with Crippen LogP contribution < -0.4 is 5.32 Å². The molecule has 0 aliphatic carbocycles. The number of nitrogens with one attached hydrogen (secondary N) is 2. The molecule has 3 rings (SSSR count). The average molecular weight is 378 g/mol. The predicted molar refractivity (Wildman–Crippen MR) is 86.0 cm³/mol. The van der Waals surface area contributed by atoms with E-state index in [1.54, 1.807) is 6.07 Å². The average Bonchev–Trinajstić information content (AvgIpc) is 3.02. The third kappa shape index (κ3) is 3.45. The molecule has 0 unspecified atom stereocenters. The van der Waals surface area contributed by atoms with Crippen LogP contribution in [0.25, 0.3) is 11.3 Å². The van der Waals surface area contributed by atoms with Crippen molar-refractivity contribution in [2.45, 2.75) is 0 Å². The van der Waals surface area contributed by atoms with Crippen molar-refractivity contribution in [2.75, 3.05) is 5.32 Å². The topological polar surface area (TPSA) is 57.8 Å². The van der Waals surface area contributed by atoms with Gasteiger partial charge in [0.25, 0.3) is 5.91 Å². The number of amides is 1. The van der Waals surface area contributed by atoms with Crippen molar-refractivity contribution in [1.29, 1.82) is 0 Å². The number of halogens is 3. The number of aromatic nitrogens is 2. The minimum absolute atomic E-state index is 0.161. The molecule has 116 valence electrons. The van der Waals surface area contributed by atoms with Gasteiger partial charge >= 0.3 is 0 Å². The quantitative estimate of drug-likeness (QED) is 0.711. The molecule has 1 amide bonds. The molecule has 1 heterocycles. The molecule has 2 aromatic carbocycles. The summed E-state index contributed by atoms with van der Waals surface area (Å²) in [5, 5.41) is 9.17. The molecular weight excluding hydrogens is 368 g/mol. The summed E-state index contributed by atoms with van der Waals surface area (Å²) in [4.78, 5) is 12.1. The lowest BCUT2D eigenvalue weighted by Gasteiger charge is -2.03. The second-order valence-electron chi connectivity index (χ2n) is 4.76. The van der Waals surface area contributed by atoms with Gasteiger partial charge in [-0.2, -0.15) is 5.10 Å². The van der Waals surface area contributed by atoms with Gasteiger partial charge in [0.1, 0.15) is 5.69 Å². The van der Waals surface area contributed by atoms with E-state index in [9.17, 15) is 13.6 Å². The van der Waals surface area contributed by atoms with Crippen molar-refractivity contribution in [3.8, 4) is 11.3 Å². The zero-order valence-electron chi connectivity index (χ0n) is 11.6. The van der Waals surface area contributed by atoms with Gasteiger partial charge in [-0.25, -0.2) is 8.78 Å². The van der Waals surface area contributed by atoms with Crippen LogP contribution in [0.2, 0.25) is 0 Å². The molecule has 0 saturated heterocycles. The Bertz CT molecular complexity index is 862. The van der Waals surface area contributed by atoms with E-state index in [4.69, 9.17) is 0 Å². The summed E-state index contributed by atoms with van der Waals surface area (Å²) in [6, 6.07) is 12.2. The lowest BCUT2D eigenvalue weighted by Crippen LogP contribution is -2.12. The number of carbonyl (C=O) groups is 1. The normalized spacial score (nSPS) is 10.6. The number of hydrogen-bond acceptors (Lipinski definition) is 2. The fourth-order valence-corrected chi connectivity index (χ4v) is 2.24. The second kappa shape index (κ2) is 6.29. The maximum atomic E-state index is 13.1. The van der Waals surface area contributed by atoms with E-state index < -0.39 is 17.5 Å². The highest BCUT2D eigenvalue weighted by Crippen LogP contribution is 2.21. The van der Waals surface area contributed by atoms with Gasteiger partial charge in [-0.3, -0.25) is 9.89 Å². The van der Waals surface area contributed by atoms with Gasteiger partial charge in [-0.15, -0.1) is 0 Å². The molecule has 3 aromatic rings. The molecule has 0 saturated carbocycles. The molecule has 4 nitrogen and oxygen atoms in total. The van der Waals surface area contributed by atoms with Crippen molar-refractivity contribution < 1.29 is 13.6 Å². The fourth-order valence-electron chi connectivity index (χ4n) is 1.98. The van der Waals surface area contributed by atoms with Crippen LogP contribution in [0.15, 0.2) is 53.0 Å². The highest BCUT2D eigenvalue weighted by molar-refractivity contribution is 9.10. The Balaban J connectivity index is 1.78. The summed E-state index contributed by atoms with van der Waals surface area (Å²) in [6.45, 7) is 0. The molecule has 0 radical (unpaired) electrons. The maximum absolute atomic E-state index is 13.1. The molecular formula is C16H10BrF2N3O. The number of anilines is 1. The van der Waals surface area contributed by atoms with Crippen molar-refractivity contribution in [3.63, 3.8) is 0 Å². The van der Waals surface area contributed by atoms with Gasteiger partial charge in [0.05, 0.1) is 5.69 Å². The summed E-state index contributed by atoms with van der Waals surface area (Å²) in [5.74, 6) is -2.49. The van der Waals surface area contributed by atoms with Crippen molar-refractivity contribution in [2.24, 2.45) is 0 Å². The Hall–Kier alpha value is -2.54. The Morgan fingerprint density at radius 3 is 2.48 bits per heavy atom. The van der Waals surface area contributed by atoms with Crippen molar-refractivity contribution >= 4 is 27.5 Å². The molecule has 2 N–H and O–H groups in total. The van der Waals surface area contributed by atoms with Crippen molar-refractivity contribution in [1.82, 2.24) is 10.2 Å². The third-order valence-corrected chi connectivity index (χ3v) is 3.67. The summed E-state index contributed by atoms with van der Waals surface area (Å²) in [6.07, 6.45) is 0. The minimum Gasteiger partial charge on any atom is -0.321 e. The molecule has 0 spiro atoms. The van der Waals surface area contributed by atoms with Crippen molar-refractivity contribution in [3.05, 3.63) is 70.3 Å². The lowest BCUT2D eigenvalue weighted by molar-refractivity contribution is 0.102. The molecule has 0 aliphatic rings. The number of nitrogens with zero attached hydrogens (tertiary/aromatic N) is 1. The van der Waals surface area contributed by atoms with Gasteiger partial charge in [-0.1, -0.05) is 28.1 Å². The van der Waals surface area contributed by atoms with Crippen LogP contribution in [-0.4, -0.2) is 16.1 Å². The molecule has 23 heavy (non-hydrogen) atoms. The smallest absolute Gasteiger partial charge is 0.273 e. The molecule has 1 aromatic heterocycles. The van der Waals surface area contributed by atoms with Crippen LogP contribution in [0.1, 0.15) is 10.5 Å². The summed E-state index contributed by atoms with van der Waals surface area (Å²) in [5.41, 5.74) is 1.82. The van der Waals surface area contributed by atoms with Gasteiger partial charge in [0.15, 0.2) is 11.6 Å². The second-order valence-corrected chi connectivity index (χ2v) is 5.67. The number of rotatable bonds is 3. The Labute approximate surface area is 138 Å². The van der Waals surface area contributed by atoms with Crippen LogP contribution in [0, 0.1) is 11.6 Å². The molecule has 0 bridgehead atoms. The van der Waals surface area contributed by atoms with Crippen LogP contribution in [0.5, 0.6) is 0 Å². The van der Waals surface area contributed by atoms with E-state index >= 15 is 0 Å². The molecule has 7 heteroatoms. The van der Waals surface area contributed by atoms with Gasteiger partial charge in [-0.05, 0) is 30.3 Å².